The summed E-state index contributed by atoms with van der Waals surface area (Å²) >= 11 is 8.34. The number of anilines is 3. The van der Waals surface area contributed by atoms with Gasteiger partial charge in [0.1, 0.15) is 67.2 Å². The molecule has 10 rings (SSSR count). The molecule has 0 saturated carbocycles. The molecule has 10 N–H and O–H groups in total. The number of hydrogen-bond donors (Lipinski definition) is 10. The fourth-order valence-corrected chi connectivity index (χ4v) is 13.3. The highest BCUT2D eigenvalue weighted by Crippen LogP contribution is 2.63. The van der Waals surface area contributed by atoms with Crippen molar-refractivity contribution in [1.29, 1.82) is 0 Å². The van der Waals surface area contributed by atoms with Crippen LogP contribution in [-0.2, 0) is 81.5 Å². The highest BCUT2D eigenvalue weighted by atomic mass is 32.7. The molecule has 37 nitrogen and oxygen atoms in total. The minimum atomic E-state index is -4.67. The van der Waals surface area contributed by atoms with E-state index in [0.717, 1.165) is 32.8 Å². The smallest absolute Gasteiger partial charge is 0.414 e. The van der Waals surface area contributed by atoms with Crippen molar-refractivity contribution >= 4 is 126 Å². The number of urea groups is 1. The van der Waals surface area contributed by atoms with Gasteiger partial charge in [-0.05, 0) is 36.5 Å². The zero-order valence-corrected chi connectivity index (χ0v) is 52.8. The molecule has 12 atom stereocenters. The Hall–Kier alpha value is -8.17. The molecule has 0 unspecified atom stereocenters. The van der Waals surface area contributed by atoms with Gasteiger partial charge in [0, 0.05) is 44.4 Å². The Morgan fingerprint density at radius 3 is 2.31 bits per heavy atom. The van der Waals surface area contributed by atoms with Gasteiger partial charge in [-0.1, -0.05) is 50.5 Å². The molecule has 9 heterocycles. The van der Waals surface area contributed by atoms with Gasteiger partial charge in [0.2, 0.25) is 23.7 Å². The summed E-state index contributed by atoms with van der Waals surface area (Å²) in [7, 11) is 1.36. The fourth-order valence-electron chi connectivity index (χ4n) is 10.3. The van der Waals surface area contributed by atoms with Crippen LogP contribution in [0.15, 0.2) is 60.2 Å². The number of alkyl halides is 1. The van der Waals surface area contributed by atoms with E-state index in [-0.39, 0.29) is 85.9 Å². The first-order chi connectivity index (χ1) is 44.2. The number of H-pyrrole nitrogens is 1. The number of primary amides is 1. The molecule has 9 amide bonds. The van der Waals surface area contributed by atoms with Crippen LogP contribution in [-0.4, -0.2) is 198 Å². The number of aromatic amines is 1. The van der Waals surface area contributed by atoms with Gasteiger partial charge in [-0.2, -0.15) is 4.98 Å². The Kier molecular flexibility index (Phi) is 20.5. The number of rotatable bonds is 21. The Morgan fingerprint density at radius 1 is 0.882 bits per heavy atom. The number of likely N-dealkylation sites (N-methyl/N-ethyl adjacent to an activating group) is 1. The van der Waals surface area contributed by atoms with Crippen molar-refractivity contribution in [3.63, 3.8) is 0 Å². The van der Waals surface area contributed by atoms with E-state index in [1.165, 1.54) is 36.4 Å². The number of nitrogen functional groups attached to an aromatic ring is 1. The Balaban J connectivity index is 0.710. The lowest BCUT2D eigenvalue weighted by molar-refractivity contribution is -0.182. The predicted molar refractivity (Wildman–Crippen MR) is 323 cm³/mol. The summed E-state index contributed by atoms with van der Waals surface area (Å²) < 4.78 is 99.3. The average molecular weight is 1380 g/mol. The first-order valence-corrected chi connectivity index (χ1v) is 33.8. The molecular formula is C51H62FN17O20P2S2. The third-order valence-electron chi connectivity index (χ3n) is 15.1. The number of ether oxygens (including phenoxy) is 5. The number of hydrogen-bond acceptors (Lipinski definition) is 26. The summed E-state index contributed by atoms with van der Waals surface area (Å²) in [4.78, 5) is 140. The van der Waals surface area contributed by atoms with Crippen molar-refractivity contribution < 1.29 is 93.7 Å². The average Bonchev–Trinajstić information content (AvgIpc) is 1.57. The Morgan fingerprint density at radius 2 is 1.59 bits per heavy atom. The van der Waals surface area contributed by atoms with Gasteiger partial charge in [-0.3, -0.25) is 71.2 Å². The third-order valence-corrected chi connectivity index (χ3v) is 18.3. The Bertz CT molecular complexity index is 3900. The van der Waals surface area contributed by atoms with E-state index in [2.05, 4.69) is 81.0 Å². The summed E-state index contributed by atoms with van der Waals surface area (Å²) in [6, 6.07) is 3.03. The van der Waals surface area contributed by atoms with E-state index in [1.54, 1.807) is 26.0 Å². The maximum atomic E-state index is 16.6. The van der Waals surface area contributed by atoms with Crippen LogP contribution in [0.1, 0.15) is 51.1 Å². The number of nitrogens with zero attached hydrogens (tertiary/aromatic N) is 9. The largest absolute Gasteiger partial charge is 0.447 e. The molecule has 4 saturated heterocycles. The number of nitrogens with one attached hydrogen (secondary N) is 6. The molecular weight excluding hydrogens is 1320 g/mol. The number of aromatic nitrogens is 8. The standard InChI is InChI=1S/C51H62FN17O20P2S2/c1-24(2)33(62-29(70)12-14-67-30(71)10-11-31(67)72)43(74)61-27(5-4-13-55-47(54)76)42(73)60-26-8-6-25(7-9-26)17-82-50(78)66(3)15-16-81-49(77)65-48-63-41-35(44(75)64-48)59-23-69(41)45-36-32(52)28(86-45)18-84-90(79,92)89-38-37-46(68-22-58-34-39(53)56-21-57-40(34)68)87-51(38,19-83-37)20-85-91(80,93)88-36/h6-11,21-24,27-28,32-33,36-38,45-46H,4-5,12-20H2,1-3H3,(H,60,73)(H,61,74)(H,62,70)(H,79,92)(H,80,93)(H2,53,56,57)(H3,54,55,76)(H2,63,64,65,75,77)/t27-,28+,32+,33-,36+,37+,38-,45+,46+,51+,90+,91+/m0/s1. The summed E-state index contributed by atoms with van der Waals surface area (Å²) in [6.45, 7) is -8.51. The van der Waals surface area contributed by atoms with Crippen molar-refractivity contribution in [3.8, 4) is 0 Å². The van der Waals surface area contributed by atoms with E-state index in [0.29, 0.717) is 5.56 Å². The number of thiol groups is 2. The molecule has 0 spiro atoms. The van der Waals surface area contributed by atoms with E-state index in [1.807, 2.05) is 0 Å². The van der Waals surface area contributed by atoms with Crippen LogP contribution in [0.5, 0.6) is 0 Å². The van der Waals surface area contributed by atoms with Gasteiger partial charge in [0.15, 0.2) is 41.3 Å². The highest BCUT2D eigenvalue weighted by Gasteiger charge is 2.66. The number of carbonyl (C=O) groups is 8. The second kappa shape index (κ2) is 28.2. The third kappa shape index (κ3) is 15.6. The molecule has 500 valence electrons. The van der Waals surface area contributed by atoms with Crippen LogP contribution < -0.4 is 43.6 Å². The second-order valence-electron chi connectivity index (χ2n) is 21.9. The second-order valence-corrected chi connectivity index (χ2v) is 27.7. The lowest BCUT2D eigenvalue weighted by Crippen LogP contribution is -2.54. The molecule has 5 aliphatic rings. The number of carbonyl (C=O) groups excluding carboxylic acids is 8. The van der Waals surface area contributed by atoms with Crippen molar-refractivity contribution in [2.45, 2.75) is 100 Å². The SMILES string of the molecule is CC(C)[C@H](NC(=O)CCN1C(=O)C=CC1=O)C(=O)N[C@@H](CCCNC(N)=O)C(=O)Nc1ccc(COC(=O)N(C)CCOC(=O)Nc2nc3c(ncn3[C@@H]3O[C@@H]4CO[P@@](=O)(S)O[C@H]5[C@H]6OC[C@]5(CO[P@@](=O)(S)O[C@@H]3[C@@H]4F)O[C@H]6n3cnc4c(N)ncnc43)c(=O)[nH]2)cc1. The van der Waals surface area contributed by atoms with Gasteiger partial charge < -0.3 is 61.3 Å². The lowest BCUT2D eigenvalue weighted by atomic mass is 10.0. The predicted octanol–water partition coefficient (Wildman–Crippen LogP) is 1.48. The monoisotopic (exact) mass is 1380 g/mol. The van der Waals surface area contributed by atoms with Crippen molar-refractivity contribution in [3.05, 3.63) is 71.3 Å². The lowest BCUT2D eigenvalue weighted by Gasteiger charge is -2.32. The molecule has 93 heavy (non-hydrogen) atoms. The maximum absolute atomic E-state index is 16.6. The molecule has 0 radical (unpaired) electrons. The van der Waals surface area contributed by atoms with Gasteiger partial charge in [0.05, 0.1) is 39.0 Å². The van der Waals surface area contributed by atoms with Crippen molar-refractivity contribution in [2.24, 2.45) is 11.7 Å². The van der Waals surface area contributed by atoms with Crippen LogP contribution in [0.3, 0.4) is 0 Å². The molecule has 4 aromatic heterocycles. The van der Waals surface area contributed by atoms with Crippen LogP contribution in [0.25, 0.3) is 22.3 Å². The van der Waals surface area contributed by atoms with Crippen LogP contribution in [0, 0.1) is 5.92 Å². The number of benzene rings is 1. The van der Waals surface area contributed by atoms with E-state index < -0.39 is 159 Å². The molecule has 0 aliphatic carbocycles. The minimum Gasteiger partial charge on any atom is -0.447 e. The summed E-state index contributed by atoms with van der Waals surface area (Å²) in [6.07, 6.45) is -7.07. The quantitative estimate of drug-likeness (QED) is 0.0215. The van der Waals surface area contributed by atoms with E-state index >= 15 is 4.39 Å². The summed E-state index contributed by atoms with van der Waals surface area (Å²) in [5.74, 6) is -3.98. The topological polar surface area (TPSA) is 480 Å². The highest BCUT2D eigenvalue weighted by molar-refractivity contribution is 8.44. The number of halogens is 1. The zero-order chi connectivity index (χ0) is 66.7. The molecule has 5 aromatic rings. The minimum absolute atomic E-state index is 0.0304. The van der Waals surface area contributed by atoms with Crippen LogP contribution >= 0.6 is 38.1 Å². The Labute approximate surface area is 534 Å². The first kappa shape index (κ1) is 67.7. The molecule has 4 bridgehead atoms. The number of imide groups is 1. The number of fused-ring (bicyclic) bond motifs is 4. The van der Waals surface area contributed by atoms with Gasteiger partial charge in [-0.25, -0.2) is 47.8 Å². The molecule has 42 heteroatoms. The van der Waals surface area contributed by atoms with Crippen molar-refractivity contribution in [1.82, 2.24) is 64.8 Å². The number of imidazole rings is 2. The summed E-state index contributed by atoms with van der Waals surface area (Å²) in [5.41, 5.74) is 9.22. The number of nitrogens with two attached hydrogens (primary N) is 2. The van der Waals surface area contributed by atoms with E-state index in [4.69, 9.17) is 53.2 Å². The zero-order valence-electron chi connectivity index (χ0n) is 49.3. The van der Waals surface area contributed by atoms with Crippen LogP contribution in [0.4, 0.5) is 36.2 Å². The van der Waals surface area contributed by atoms with Crippen LogP contribution in [0.2, 0.25) is 0 Å². The molecule has 1 aromatic carbocycles. The molecule has 4 fully saturated rings. The molecule has 5 aliphatic heterocycles. The van der Waals surface area contributed by atoms with E-state index in [9.17, 15) is 52.3 Å². The first-order valence-electron chi connectivity index (χ1n) is 28.4. The van der Waals surface area contributed by atoms with Gasteiger partial charge in [0.25, 0.3) is 17.4 Å². The maximum Gasteiger partial charge on any atom is 0.414 e. The fraction of sp³-hybridized carbons (Fsp3) is 0.490. The normalized spacial score (nSPS) is 26.6. The van der Waals surface area contributed by atoms with Gasteiger partial charge >= 0.3 is 31.8 Å². The van der Waals surface area contributed by atoms with Gasteiger partial charge in [-0.15, -0.1) is 0 Å². The number of amides is 9. The van der Waals surface area contributed by atoms with Crippen molar-refractivity contribution in [2.75, 3.05) is 69.5 Å². The summed E-state index contributed by atoms with van der Waals surface area (Å²) in [5, 5.41) is 12.6.